The molecule has 0 atom stereocenters. The van der Waals surface area contributed by atoms with Crippen LogP contribution < -0.4 is 17.2 Å². The van der Waals surface area contributed by atoms with E-state index in [1.54, 1.807) is 11.8 Å². The lowest BCUT2D eigenvalue weighted by Crippen LogP contribution is -2.05. The molecule has 2 aromatic carbocycles. The van der Waals surface area contributed by atoms with Gasteiger partial charge in [0, 0.05) is 24.3 Å². The average Bonchev–Trinajstić information content (AvgIpc) is 2.98. The molecule has 0 saturated heterocycles. The summed E-state index contributed by atoms with van der Waals surface area (Å²) < 4.78 is 0. The molecule has 31 heavy (non-hydrogen) atoms. The Morgan fingerprint density at radius 1 is 0.871 bits per heavy atom. The van der Waals surface area contributed by atoms with Crippen LogP contribution in [0, 0.1) is 0 Å². The van der Waals surface area contributed by atoms with Crippen molar-refractivity contribution in [3.05, 3.63) is 82.4 Å². The molecule has 0 aliphatic carbocycles. The molecule has 4 nitrogen and oxygen atoms in total. The maximum atomic E-state index is 5.80. The van der Waals surface area contributed by atoms with Crippen molar-refractivity contribution in [2.24, 2.45) is 22.2 Å². The molecule has 0 aromatic heterocycles. The number of benzene rings is 2. The van der Waals surface area contributed by atoms with Gasteiger partial charge in [-0.1, -0.05) is 55.0 Å². The minimum atomic E-state index is 0.641. The Hall–Kier alpha value is -2.18. The second-order valence-electron chi connectivity index (χ2n) is 7.70. The van der Waals surface area contributed by atoms with Gasteiger partial charge in [-0.25, -0.2) is 4.99 Å². The number of allylic oxidation sites excluding steroid dienone is 3. The summed E-state index contributed by atoms with van der Waals surface area (Å²) in [5, 5.41) is 1.13. The van der Waals surface area contributed by atoms with E-state index in [1.807, 2.05) is 0 Å². The molecule has 0 bridgehead atoms. The molecule has 0 amide bonds. The van der Waals surface area contributed by atoms with E-state index in [0.717, 1.165) is 47.7 Å². The number of nitrogens with two attached hydrogens (primary N) is 3. The van der Waals surface area contributed by atoms with Crippen LogP contribution in [0.15, 0.2) is 65.2 Å². The first-order chi connectivity index (χ1) is 15.2. The van der Waals surface area contributed by atoms with Crippen LogP contribution in [0.2, 0.25) is 0 Å². The van der Waals surface area contributed by atoms with Gasteiger partial charge in [-0.2, -0.15) is 0 Å². The van der Waals surface area contributed by atoms with Crippen LogP contribution in [-0.2, 0) is 12.8 Å². The summed E-state index contributed by atoms with van der Waals surface area (Å²) in [6.45, 7) is 4.17. The topological polar surface area (TPSA) is 90.4 Å². The van der Waals surface area contributed by atoms with Crippen molar-refractivity contribution in [3.63, 3.8) is 0 Å². The van der Waals surface area contributed by atoms with Crippen molar-refractivity contribution < 1.29 is 0 Å². The van der Waals surface area contributed by atoms with Crippen molar-refractivity contribution in [3.8, 4) is 0 Å². The van der Waals surface area contributed by atoms with Crippen LogP contribution >= 0.6 is 11.8 Å². The minimum absolute atomic E-state index is 0.641. The Morgan fingerprint density at radius 2 is 1.52 bits per heavy atom. The van der Waals surface area contributed by atoms with E-state index < -0.39 is 0 Å². The molecular formula is C26H34N4S. The van der Waals surface area contributed by atoms with Crippen molar-refractivity contribution in [1.82, 2.24) is 0 Å². The second-order valence-corrected chi connectivity index (χ2v) is 8.87. The third-order valence-corrected chi connectivity index (χ3v) is 6.42. The van der Waals surface area contributed by atoms with Gasteiger partial charge < -0.3 is 17.2 Å². The summed E-state index contributed by atoms with van der Waals surface area (Å²) >= 11 is 1.76. The van der Waals surface area contributed by atoms with Gasteiger partial charge in [0.2, 0.25) is 0 Å². The van der Waals surface area contributed by atoms with E-state index in [1.165, 1.54) is 27.8 Å². The van der Waals surface area contributed by atoms with Gasteiger partial charge in [-0.05, 0) is 66.8 Å². The van der Waals surface area contributed by atoms with Crippen LogP contribution in [0.1, 0.15) is 42.0 Å². The van der Waals surface area contributed by atoms with Crippen LogP contribution in [0.25, 0.3) is 11.3 Å². The third kappa shape index (κ3) is 6.40. The lowest BCUT2D eigenvalue weighted by Gasteiger charge is -2.12. The molecular weight excluding hydrogens is 400 g/mol. The van der Waals surface area contributed by atoms with Gasteiger partial charge in [0.05, 0.1) is 10.7 Å². The van der Waals surface area contributed by atoms with E-state index in [2.05, 4.69) is 61.5 Å². The van der Waals surface area contributed by atoms with Crippen LogP contribution in [0.3, 0.4) is 0 Å². The number of thioether (sulfide) groups is 1. The van der Waals surface area contributed by atoms with Crippen molar-refractivity contribution in [2.75, 3.05) is 25.4 Å². The van der Waals surface area contributed by atoms with Crippen molar-refractivity contribution >= 4 is 28.1 Å². The summed E-state index contributed by atoms with van der Waals surface area (Å²) in [5.41, 5.74) is 25.9. The molecule has 0 saturated carbocycles. The molecule has 6 N–H and O–H groups in total. The Labute approximate surface area is 190 Å². The molecule has 5 heteroatoms. The van der Waals surface area contributed by atoms with Crippen LogP contribution in [0.5, 0.6) is 0 Å². The number of hydrogen-bond acceptors (Lipinski definition) is 5. The standard InChI is InChI=1S/C26H34N4S/c1-2-21-17-26(31-14-13-29)30-25(23-8-4-6-20(16-23)10-12-28)18-24(21)22-7-3-5-19(15-22)9-11-27/h3-8,15-16,18H,2,9-14,17,27-29H2,1H3. The van der Waals surface area contributed by atoms with Crippen molar-refractivity contribution in [1.29, 1.82) is 0 Å². The van der Waals surface area contributed by atoms with E-state index in [4.69, 9.17) is 22.2 Å². The zero-order valence-corrected chi connectivity index (χ0v) is 19.3. The normalized spacial score (nSPS) is 14.3. The summed E-state index contributed by atoms with van der Waals surface area (Å²) in [7, 11) is 0. The fourth-order valence-electron chi connectivity index (χ4n) is 3.85. The molecule has 1 aliphatic rings. The van der Waals surface area contributed by atoms with Crippen LogP contribution in [-0.4, -0.2) is 30.4 Å². The first-order valence-corrected chi connectivity index (χ1v) is 12.1. The SMILES string of the molecule is CCC1=C(c2cccc(CCN)c2)C=C(c2cccc(CCN)c2)N=C(SCCN)C1. The highest BCUT2D eigenvalue weighted by Crippen LogP contribution is 2.35. The maximum absolute atomic E-state index is 5.80. The summed E-state index contributed by atoms with van der Waals surface area (Å²) in [6.07, 6.45) is 5.85. The largest absolute Gasteiger partial charge is 0.330 e. The number of aliphatic imine (C=N–C) groups is 1. The number of hydrogen-bond donors (Lipinski definition) is 3. The van der Waals surface area contributed by atoms with E-state index in [0.29, 0.717) is 19.6 Å². The average molecular weight is 435 g/mol. The van der Waals surface area contributed by atoms with Gasteiger partial charge in [0.15, 0.2) is 0 Å². The molecule has 3 rings (SSSR count). The Balaban J connectivity index is 2.11. The molecule has 0 spiro atoms. The molecule has 1 heterocycles. The summed E-state index contributed by atoms with van der Waals surface area (Å²) in [4.78, 5) is 5.11. The maximum Gasteiger partial charge on any atom is 0.0780 e. The fourth-order valence-corrected chi connectivity index (χ4v) is 4.64. The van der Waals surface area contributed by atoms with E-state index >= 15 is 0 Å². The van der Waals surface area contributed by atoms with Crippen LogP contribution in [0.4, 0.5) is 0 Å². The zero-order chi connectivity index (χ0) is 22.1. The van der Waals surface area contributed by atoms with E-state index in [9.17, 15) is 0 Å². The molecule has 2 aromatic rings. The zero-order valence-electron chi connectivity index (χ0n) is 18.4. The minimum Gasteiger partial charge on any atom is -0.330 e. The predicted molar refractivity (Wildman–Crippen MR) is 137 cm³/mol. The van der Waals surface area contributed by atoms with Crippen molar-refractivity contribution in [2.45, 2.75) is 32.6 Å². The van der Waals surface area contributed by atoms with Gasteiger partial charge in [0.1, 0.15) is 0 Å². The number of rotatable bonds is 9. The quantitative estimate of drug-likeness (QED) is 0.546. The highest BCUT2D eigenvalue weighted by molar-refractivity contribution is 8.14. The second kappa shape index (κ2) is 12.0. The molecule has 0 radical (unpaired) electrons. The molecule has 0 fully saturated rings. The Kier molecular flexibility index (Phi) is 9.10. The predicted octanol–water partition coefficient (Wildman–Crippen LogP) is 4.39. The lowest BCUT2D eigenvalue weighted by molar-refractivity contribution is 0.968. The van der Waals surface area contributed by atoms with Gasteiger partial charge in [-0.15, -0.1) is 11.8 Å². The van der Waals surface area contributed by atoms with E-state index in [-0.39, 0.29) is 0 Å². The summed E-state index contributed by atoms with van der Waals surface area (Å²) in [5.74, 6) is 0.873. The highest BCUT2D eigenvalue weighted by Gasteiger charge is 2.17. The van der Waals surface area contributed by atoms with Gasteiger partial charge in [-0.3, -0.25) is 0 Å². The van der Waals surface area contributed by atoms with Gasteiger partial charge >= 0.3 is 0 Å². The Morgan fingerprint density at radius 3 is 2.13 bits per heavy atom. The number of nitrogens with zero attached hydrogens (tertiary/aromatic N) is 1. The molecule has 164 valence electrons. The molecule has 0 unspecified atom stereocenters. The highest BCUT2D eigenvalue weighted by atomic mass is 32.2. The molecule has 1 aliphatic heterocycles. The van der Waals surface area contributed by atoms with Gasteiger partial charge in [0.25, 0.3) is 0 Å². The smallest absolute Gasteiger partial charge is 0.0780 e. The lowest BCUT2D eigenvalue weighted by atomic mass is 9.93. The first kappa shape index (κ1) is 23.5. The Bertz CT molecular complexity index is 975. The fraction of sp³-hybridized carbons (Fsp3) is 0.346. The monoisotopic (exact) mass is 434 g/mol. The third-order valence-electron chi connectivity index (χ3n) is 5.41. The first-order valence-electron chi connectivity index (χ1n) is 11.1. The summed E-state index contributed by atoms with van der Waals surface area (Å²) in [6, 6.07) is 17.3.